The normalized spacial score (nSPS) is 12.0. The lowest BCUT2D eigenvalue weighted by Gasteiger charge is -2.09. The number of ether oxygens (including phenoxy) is 3. The average Bonchev–Trinajstić information content (AvgIpc) is 3.28. The summed E-state index contributed by atoms with van der Waals surface area (Å²) in [5.74, 6) is 1.48. The first-order valence-electron chi connectivity index (χ1n) is 9.73. The molecule has 0 fully saturated rings. The third kappa shape index (κ3) is 4.06. The van der Waals surface area contributed by atoms with Gasteiger partial charge in [-0.25, -0.2) is 15.0 Å². The zero-order valence-electron chi connectivity index (χ0n) is 16.7. The Balaban J connectivity index is 1.23. The number of carbonyl (C=O) groups is 1. The molecule has 1 aliphatic rings. The van der Waals surface area contributed by atoms with E-state index in [1.165, 1.54) is 23.3 Å². The number of carbonyl (C=O) groups excluding carboxylic acids is 1. The van der Waals surface area contributed by atoms with Crippen LogP contribution in [0, 0.1) is 0 Å². The van der Waals surface area contributed by atoms with Crippen molar-refractivity contribution >= 4 is 22.6 Å². The van der Waals surface area contributed by atoms with E-state index in [1.807, 2.05) is 18.2 Å². The Kier molecular flexibility index (Phi) is 5.08. The maximum atomic E-state index is 12.5. The van der Waals surface area contributed by atoms with E-state index in [-0.39, 0.29) is 37.2 Å². The number of hydrogen-bond donors (Lipinski definition) is 1. The van der Waals surface area contributed by atoms with Gasteiger partial charge in [0.15, 0.2) is 11.5 Å². The first kappa shape index (κ1) is 19.5. The lowest BCUT2D eigenvalue weighted by molar-refractivity contribution is -0.116. The molecule has 1 aliphatic heterocycles. The average molecular weight is 431 g/mol. The monoisotopic (exact) mass is 431 g/mol. The summed E-state index contributed by atoms with van der Waals surface area (Å²) in [6.45, 7) is 0.253. The van der Waals surface area contributed by atoms with Crippen molar-refractivity contribution in [3.63, 3.8) is 0 Å². The molecule has 2 aromatic heterocycles. The lowest BCUT2D eigenvalue weighted by Crippen LogP contribution is -2.28. The number of aromatic nitrogens is 4. The Morgan fingerprint density at radius 2 is 1.94 bits per heavy atom. The molecular weight excluding hydrogens is 414 g/mol. The fraction of sp³-hybridized carbons (Fsp3) is 0.136. The van der Waals surface area contributed by atoms with Gasteiger partial charge in [-0.05, 0) is 29.8 Å². The molecule has 32 heavy (non-hydrogen) atoms. The highest BCUT2D eigenvalue weighted by Gasteiger charge is 2.14. The number of hydrogen-bond acceptors (Lipinski definition) is 8. The molecular formula is C22H17N5O5. The summed E-state index contributed by atoms with van der Waals surface area (Å²) in [6, 6.07) is 14.0. The molecule has 3 heterocycles. The molecule has 160 valence electrons. The molecule has 0 atom stereocenters. The van der Waals surface area contributed by atoms with Crippen LogP contribution in [-0.2, 0) is 17.9 Å². The van der Waals surface area contributed by atoms with Crippen LogP contribution >= 0.6 is 0 Å². The summed E-state index contributed by atoms with van der Waals surface area (Å²) in [5, 5.41) is 3.09. The molecule has 1 N–H and O–H groups in total. The molecule has 0 spiro atoms. The number of benzene rings is 2. The van der Waals surface area contributed by atoms with Gasteiger partial charge in [0.2, 0.25) is 18.6 Å². The van der Waals surface area contributed by atoms with Gasteiger partial charge < -0.3 is 19.5 Å². The van der Waals surface area contributed by atoms with Gasteiger partial charge in [0.05, 0.1) is 17.2 Å². The number of anilines is 1. The van der Waals surface area contributed by atoms with Gasteiger partial charge in [0.25, 0.3) is 5.56 Å². The SMILES string of the molecule is O=C(Cn1cnc2ccccc2c1=O)Nc1cc(OCc2ccc3c(c2)OCO3)ncn1. The van der Waals surface area contributed by atoms with Crippen molar-refractivity contribution in [3.05, 3.63) is 77.1 Å². The smallest absolute Gasteiger partial charge is 0.261 e. The molecule has 4 aromatic rings. The van der Waals surface area contributed by atoms with E-state index in [4.69, 9.17) is 14.2 Å². The highest BCUT2D eigenvalue weighted by atomic mass is 16.7. The van der Waals surface area contributed by atoms with Gasteiger partial charge in [0.1, 0.15) is 25.3 Å². The summed E-state index contributed by atoms with van der Waals surface area (Å²) in [6.07, 6.45) is 2.64. The van der Waals surface area contributed by atoms with Crippen LogP contribution in [0.4, 0.5) is 5.82 Å². The quantitative estimate of drug-likeness (QED) is 0.493. The van der Waals surface area contributed by atoms with E-state index in [0.717, 1.165) is 5.56 Å². The molecule has 0 bridgehead atoms. The molecule has 1 amide bonds. The number of nitrogens with one attached hydrogen (secondary N) is 1. The van der Waals surface area contributed by atoms with Gasteiger partial charge in [-0.3, -0.25) is 14.2 Å². The lowest BCUT2D eigenvalue weighted by atomic mass is 10.2. The number of amides is 1. The molecule has 0 saturated heterocycles. The van der Waals surface area contributed by atoms with Crippen molar-refractivity contribution in [2.45, 2.75) is 13.2 Å². The topological polar surface area (TPSA) is 117 Å². The minimum absolute atomic E-state index is 0.200. The van der Waals surface area contributed by atoms with Crippen LogP contribution in [0.2, 0.25) is 0 Å². The second kappa shape index (κ2) is 8.34. The molecule has 2 aromatic carbocycles. The van der Waals surface area contributed by atoms with Crippen molar-refractivity contribution in [2.24, 2.45) is 0 Å². The van der Waals surface area contributed by atoms with E-state index >= 15 is 0 Å². The summed E-state index contributed by atoms with van der Waals surface area (Å²) < 4.78 is 17.6. The van der Waals surface area contributed by atoms with E-state index in [2.05, 4.69) is 20.3 Å². The van der Waals surface area contributed by atoms with Gasteiger partial charge in [0, 0.05) is 6.07 Å². The molecule has 0 saturated carbocycles. The van der Waals surface area contributed by atoms with Crippen molar-refractivity contribution in [2.75, 3.05) is 12.1 Å². The number of rotatable bonds is 6. The predicted octanol–water partition coefficient (Wildman–Crippen LogP) is 2.13. The fourth-order valence-electron chi connectivity index (χ4n) is 3.23. The van der Waals surface area contributed by atoms with Crippen molar-refractivity contribution in [3.8, 4) is 17.4 Å². The van der Waals surface area contributed by atoms with Crippen LogP contribution in [0.1, 0.15) is 5.56 Å². The number of nitrogens with zero attached hydrogens (tertiary/aromatic N) is 4. The van der Waals surface area contributed by atoms with Crippen LogP contribution in [0.5, 0.6) is 17.4 Å². The van der Waals surface area contributed by atoms with Crippen LogP contribution in [0.15, 0.2) is 66.0 Å². The number of para-hydroxylation sites is 1. The molecule has 0 radical (unpaired) electrons. The largest absolute Gasteiger partial charge is 0.473 e. The third-order valence-corrected chi connectivity index (χ3v) is 4.78. The maximum absolute atomic E-state index is 12.5. The van der Waals surface area contributed by atoms with E-state index in [0.29, 0.717) is 22.4 Å². The fourth-order valence-corrected chi connectivity index (χ4v) is 3.23. The van der Waals surface area contributed by atoms with Crippen molar-refractivity contribution in [1.29, 1.82) is 0 Å². The van der Waals surface area contributed by atoms with Crippen LogP contribution in [-0.4, -0.2) is 32.2 Å². The Morgan fingerprint density at radius 1 is 1.06 bits per heavy atom. The van der Waals surface area contributed by atoms with Crippen LogP contribution in [0.3, 0.4) is 0 Å². The zero-order valence-corrected chi connectivity index (χ0v) is 16.7. The van der Waals surface area contributed by atoms with Gasteiger partial charge in [-0.2, -0.15) is 0 Å². The third-order valence-electron chi connectivity index (χ3n) is 4.78. The van der Waals surface area contributed by atoms with Crippen molar-refractivity contribution < 1.29 is 19.0 Å². The number of fused-ring (bicyclic) bond motifs is 2. The minimum Gasteiger partial charge on any atom is -0.473 e. The predicted molar refractivity (Wildman–Crippen MR) is 114 cm³/mol. The first-order valence-corrected chi connectivity index (χ1v) is 9.73. The summed E-state index contributed by atoms with van der Waals surface area (Å²) >= 11 is 0. The molecule has 0 unspecified atom stereocenters. The first-order chi connectivity index (χ1) is 15.7. The Labute approximate surface area is 181 Å². The van der Waals surface area contributed by atoms with Gasteiger partial charge in [-0.15, -0.1) is 0 Å². The van der Waals surface area contributed by atoms with E-state index < -0.39 is 5.91 Å². The Hall–Kier alpha value is -4.47. The summed E-state index contributed by atoms with van der Waals surface area (Å²) in [5.41, 5.74) is 1.16. The highest BCUT2D eigenvalue weighted by molar-refractivity contribution is 5.89. The second-order valence-corrected chi connectivity index (χ2v) is 6.96. The van der Waals surface area contributed by atoms with Crippen LogP contribution in [0.25, 0.3) is 10.9 Å². The van der Waals surface area contributed by atoms with Crippen LogP contribution < -0.4 is 25.1 Å². The van der Waals surface area contributed by atoms with Gasteiger partial charge in [-0.1, -0.05) is 18.2 Å². The Morgan fingerprint density at radius 3 is 2.88 bits per heavy atom. The zero-order chi connectivity index (χ0) is 21.9. The molecule has 5 rings (SSSR count). The standard InChI is InChI=1S/C22H17N5O5/c28-20(9-27-12-25-16-4-2-1-3-15(16)22(27)29)26-19-8-21(24-11-23-19)30-10-14-5-6-17-18(7-14)32-13-31-17/h1-8,11-12H,9-10,13H2,(H,23,24,26,28). The highest BCUT2D eigenvalue weighted by Crippen LogP contribution is 2.32. The summed E-state index contributed by atoms with van der Waals surface area (Å²) in [4.78, 5) is 37.3. The molecule has 0 aliphatic carbocycles. The second-order valence-electron chi connectivity index (χ2n) is 6.96. The Bertz CT molecular complexity index is 1370. The maximum Gasteiger partial charge on any atom is 0.261 e. The molecule has 10 heteroatoms. The summed E-state index contributed by atoms with van der Waals surface area (Å²) in [7, 11) is 0. The van der Waals surface area contributed by atoms with E-state index in [1.54, 1.807) is 24.3 Å². The van der Waals surface area contributed by atoms with E-state index in [9.17, 15) is 9.59 Å². The van der Waals surface area contributed by atoms with Gasteiger partial charge >= 0.3 is 0 Å². The van der Waals surface area contributed by atoms with Crippen molar-refractivity contribution in [1.82, 2.24) is 19.5 Å². The minimum atomic E-state index is -0.426. The molecule has 10 nitrogen and oxygen atoms in total.